The van der Waals surface area contributed by atoms with Crippen LogP contribution in [0.25, 0.3) is 0 Å². The van der Waals surface area contributed by atoms with Gasteiger partial charge in [0.15, 0.2) is 133 Å². The number of aliphatic hydroxyl groups excluding tert-OH is 17. The molecule has 10 aliphatic rings. The minimum atomic E-state index is -4.70. The largest absolute Gasteiger partial charge is 0.469 e. The molecule has 0 aromatic carbocycles. The summed E-state index contributed by atoms with van der Waals surface area (Å²) in [7, 11) is -18.8. The van der Waals surface area contributed by atoms with Gasteiger partial charge in [-0.05, 0) is 92.0 Å². The quantitative estimate of drug-likeness (QED) is 0.0136. The highest BCUT2D eigenvalue weighted by Gasteiger charge is 2.54. The molecular formula is C84H119N7O47P4+4. The smallest absolute Gasteiger partial charge is 0.394 e. The SMILES string of the molecule is CC(=O)C1=CN([C@@H]2O[C@H](CO)C(O)[C@@H]2O)C=CC1.CC(=O)C1=CN([C@@H]2O[C@H](COP(=O)(O)O)C(O)[C@@H]2O)C=CC1.CC(=O)C1=CN([C@@H]2O[C@H](COP(=O)(O)O)C(O)[C@@H]2O)C=CC1.CC(=O)c1ccc[n+]([C@@H]2O[C@H](CO)C(O)[C@@H]2O)c1.CC(=O)c1ccc[n+]([C@@H]2O[C@H](CO)C(O)[C@@H]2O)c1.CC(=O)c1ccc[n+]([C@@H]2O[C@H](COP(=O)(O)O)C(O)[C@@H]2O)c1.CC(=O)c1ccc[n+]([C@@H]2O[C@H](COP(=O)(O)O)C(O)[C@@H]2O)c1. The molecule has 28 atom stereocenters. The van der Waals surface area contributed by atoms with Crippen LogP contribution in [-0.4, -0.2) is 374 Å². The van der Waals surface area contributed by atoms with Crippen molar-refractivity contribution in [3.8, 4) is 0 Å². The maximum absolute atomic E-state index is 11.4. The van der Waals surface area contributed by atoms with E-state index in [2.05, 4.69) is 18.1 Å². The van der Waals surface area contributed by atoms with Gasteiger partial charge in [-0.25, -0.2) is 18.3 Å². The van der Waals surface area contributed by atoms with Crippen molar-refractivity contribution in [3.05, 3.63) is 193 Å². The Balaban J connectivity index is 0.000000203. The van der Waals surface area contributed by atoms with Gasteiger partial charge < -0.3 is 174 Å². The van der Waals surface area contributed by atoms with E-state index in [4.69, 9.17) is 87.6 Å². The molecule has 142 heavy (non-hydrogen) atoms. The van der Waals surface area contributed by atoms with Crippen LogP contribution in [0.15, 0.2) is 170 Å². The molecule has 7 unspecified atom stereocenters. The molecule has 7 saturated heterocycles. The van der Waals surface area contributed by atoms with Crippen molar-refractivity contribution in [3.63, 3.8) is 0 Å². The molecule has 7 fully saturated rings. The van der Waals surface area contributed by atoms with Crippen LogP contribution in [0, 0.1) is 0 Å². The van der Waals surface area contributed by atoms with Gasteiger partial charge in [-0.1, -0.05) is 18.2 Å². The first-order valence-corrected chi connectivity index (χ1v) is 49.3. The molecule has 4 aromatic rings. The fraction of sp³-hybridized carbons (Fsp3) is 0.536. The lowest BCUT2D eigenvalue weighted by Crippen LogP contribution is -2.46. The maximum Gasteiger partial charge on any atom is 0.469 e. The van der Waals surface area contributed by atoms with Gasteiger partial charge in [-0.2, -0.15) is 18.3 Å². The van der Waals surface area contributed by atoms with E-state index >= 15 is 0 Å². The van der Waals surface area contributed by atoms with Crippen LogP contribution in [0.4, 0.5) is 0 Å². The molecule has 10 aliphatic heterocycles. The van der Waals surface area contributed by atoms with Crippen molar-refractivity contribution < 1.29 is 247 Å². The standard InChI is InChI=1S/2C12H18NO8P.2C12H16NO8P.C12H17NO5.2C12H16NO5/c4*1-7(14)8-3-2-4-13(5-8)12-11(16)10(15)9(21-12)6-20-22(17,18)19;3*1-7(15)8-3-2-4-13(5-8)12-11(17)10(16)9(6-14)18-12/h2*2,4-5,9-12,15-16H,3,6H2,1H3,(H2,17,18,19);2*2-5,9-12,15-16H,6H2,1H3,(H-,17,18,19);2,4-5,9-12,14,16-17H,3,6H2,1H3;2*2-5,9-12,14,16-17H,6H2,1H3/q;;;;;2*+1/p+2/t7*9-,10?,11+,12-/m1111111/s1. The Bertz CT molecular complexity index is 5100. The number of phosphoric ester groups is 4. The van der Waals surface area contributed by atoms with Crippen molar-refractivity contribution in [2.45, 2.75) is 240 Å². The fourth-order valence-electron chi connectivity index (χ4n) is 14.9. The number of nitrogens with zero attached hydrogens (tertiary/aromatic N) is 7. The van der Waals surface area contributed by atoms with Gasteiger partial charge >= 0.3 is 31.3 Å². The molecule has 0 radical (unpaired) electrons. The van der Waals surface area contributed by atoms with E-state index in [0.717, 1.165) is 0 Å². The number of rotatable bonds is 29. The van der Waals surface area contributed by atoms with E-state index in [0.29, 0.717) is 58.2 Å². The molecule has 0 spiro atoms. The Morgan fingerprint density at radius 2 is 0.486 bits per heavy atom. The number of phosphoric acid groups is 4. The molecule has 0 bridgehead atoms. The zero-order chi connectivity index (χ0) is 106. The van der Waals surface area contributed by atoms with Gasteiger partial charge in [0.2, 0.25) is 0 Å². The monoisotopic (exact) mass is 2100 g/mol. The molecule has 0 amide bonds. The first-order valence-electron chi connectivity index (χ1n) is 43.2. The second-order valence-electron chi connectivity index (χ2n) is 33.1. The number of hydrogen-bond donors (Lipinski definition) is 25. The third-order valence-electron chi connectivity index (χ3n) is 22.6. The van der Waals surface area contributed by atoms with Gasteiger partial charge in [0, 0.05) is 78.2 Å². The number of carbonyl (C=O) groups excluding carboxylic acids is 7. The van der Waals surface area contributed by atoms with Gasteiger partial charge in [0.05, 0.1) is 68.5 Å². The number of ketones is 7. The zero-order valence-corrected chi connectivity index (χ0v) is 80.3. The number of carbonyl (C=O) groups is 7. The summed E-state index contributed by atoms with van der Waals surface area (Å²) in [5.41, 5.74) is 3.39. The Kier molecular flexibility index (Phi) is 44.2. The van der Waals surface area contributed by atoms with E-state index in [1.807, 2.05) is 0 Å². The first-order chi connectivity index (χ1) is 66.4. The Morgan fingerprint density at radius 3 is 0.683 bits per heavy atom. The second-order valence-corrected chi connectivity index (χ2v) is 38.1. The molecule has 14 heterocycles. The highest BCUT2D eigenvalue weighted by Crippen LogP contribution is 2.43. The van der Waals surface area contributed by atoms with Crippen LogP contribution < -0.4 is 18.3 Å². The first kappa shape index (κ1) is 119. The Hall–Kier alpha value is -8.39. The number of hydrogen-bond acceptors (Lipinski definition) is 42. The van der Waals surface area contributed by atoms with Crippen LogP contribution >= 0.6 is 31.3 Å². The van der Waals surface area contributed by atoms with Gasteiger partial charge in [0.1, 0.15) is 104 Å². The van der Waals surface area contributed by atoms with E-state index in [-0.39, 0.29) is 60.3 Å². The van der Waals surface area contributed by atoms with Crippen LogP contribution in [0.5, 0.6) is 0 Å². The van der Waals surface area contributed by atoms with Gasteiger partial charge in [-0.15, -0.1) is 0 Å². The number of pyridine rings is 4. The average molecular weight is 2100 g/mol. The summed E-state index contributed by atoms with van der Waals surface area (Å²) in [4.78, 5) is 153. The maximum atomic E-state index is 11.4. The highest BCUT2D eigenvalue weighted by molar-refractivity contribution is 7.47. The van der Waals surface area contributed by atoms with Crippen LogP contribution in [0.1, 0.15) is 134 Å². The van der Waals surface area contributed by atoms with Gasteiger partial charge in [-0.3, -0.25) is 51.7 Å². The van der Waals surface area contributed by atoms with E-state index in [1.54, 1.807) is 134 Å². The predicted octanol–water partition coefficient (Wildman–Crippen LogP) is -7.03. The third-order valence-corrected chi connectivity index (χ3v) is 24.6. The summed E-state index contributed by atoms with van der Waals surface area (Å²) in [6.45, 7) is 6.56. The lowest BCUT2D eigenvalue weighted by molar-refractivity contribution is -0.766. The molecule has 58 heteroatoms. The van der Waals surface area contributed by atoms with E-state index in [9.17, 15) is 123 Å². The molecular weight excluding hydrogens is 1980 g/mol. The molecule has 54 nitrogen and oxygen atoms in total. The highest BCUT2D eigenvalue weighted by atomic mass is 31.2. The number of allylic oxidation sites excluding steroid dienone is 6. The van der Waals surface area contributed by atoms with E-state index in [1.165, 1.54) is 101 Å². The molecule has 4 aromatic heterocycles. The Labute approximate surface area is 808 Å². The van der Waals surface area contributed by atoms with Crippen LogP contribution in [-0.2, 0) is 83.9 Å². The summed E-state index contributed by atoms with van der Waals surface area (Å²) in [5.74, 6) is -0.844. The minimum Gasteiger partial charge on any atom is -0.394 e. The fourth-order valence-corrected chi connectivity index (χ4v) is 16.2. The number of ether oxygens (including phenoxy) is 7. The Morgan fingerprint density at radius 1 is 0.296 bits per heavy atom. The predicted molar refractivity (Wildman–Crippen MR) is 469 cm³/mol. The molecule has 788 valence electrons. The number of Topliss-reactive ketones (excluding diaryl/α,β-unsaturated/α-hetero) is 7. The topological polar surface area (TPSA) is 820 Å². The van der Waals surface area contributed by atoms with E-state index < -0.39 is 229 Å². The lowest BCUT2D eigenvalue weighted by Gasteiger charge is -2.28. The molecule has 0 saturated carbocycles. The van der Waals surface area contributed by atoms with Crippen molar-refractivity contribution in [2.75, 3.05) is 46.2 Å². The summed E-state index contributed by atoms with van der Waals surface area (Å²) >= 11 is 0. The van der Waals surface area contributed by atoms with Crippen molar-refractivity contribution in [1.82, 2.24) is 14.7 Å². The minimum absolute atomic E-state index is 0.0453. The van der Waals surface area contributed by atoms with Gasteiger partial charge in [0.25, 0.3) is 24.9 Å². The average Bonchev–Trinajstić information content (AvgIpc) is 1.64. The summed E-state index contributed by atoms with van der Waals surface area (Å²) in [5, 5.41) is 165. The molecule has 14 rings (SSSR count). The number of aromatic nitrogens is 4. The third kappa shape index (κ3) is 33.3. The van der Waals surface area contributed by atoms with Crippen LogP contribution in [0.3, 0.4) is 0 Å². The van der Waals surface area contributed by atoms with Crippen molar-refractivity contribution >= 4 is 71.8 Å². The summed E-state index contributed by atoms with van der Waals surface area (Å²) in [6, 6.07) is 13.0. The molecule has 0 aliphatic carbocycles. The summed E-state index contributed by atoms with van der Waals surface area (Å²) in [6.07, 6.45) is -2.41. The van der Waals surface area contributed by atoms with Crippen molar-refractivity contribution in [2.24, 2.45) is 0 Å². The van der Waals surface area contributed by atoms with Crippen LogP contribution in [0.2, 0.25) is 0 Å². The lowest BCUT2D eigenvalue weighted by atomic mass is 10.1. The molecule has 25 N–H and O–H groups in total. The normalized spacial score (nSPS) is 31.4. The zero-order valence-electron chi connectivity index (χ0n) is 76.8. The summed E-state index contributed by atoms with van der Waals surface area (Å²) < 4.78 is 103. The second kappa shape index (κ2) is 52.8. The number of aliphatic hydroxyl groups is 17. The van der Waals surface area contributed by atoms with Crippen molar-refractivity contribution in [1.29, 1.82) is 0 Å².